The summed E-state index contributed by atoms with van der Waals surface area (Å²) in [4.78, 5) is 16.6. The van der Waals surface area contributed by atoms with Crippen molar-refractivity contribution in [2.45, 2.75) is 57.4 Å². The highest BCUT2D eigenvalue weighted by atomic mass is 16.2. The summed E-state index contributed by atoms with van der Waals surface area (Å²) in [5.41, 5.74) is 2.62. The molecular weight excluding hydrogens is 280 g/mol. The summed E-state index contributed by atoms with van der Waals surface area (Å²) in [7, 11) is 0. The van der Waals surface area contributed by atoms with Gasteiger partial charge in [0.15, 0.2) is 5.69 Å². The molecule has 0 bridgehead atoms. The van der Waals surface area contributed by atoms with Gasteiger partial charge in [-0.3, -0.25) is 15.2 Å². The Morgan fingerprint density at radius 2 is 2.09 bits per heavy atom. The van der Waals surface area contributed by atoms with Gasteiger partial charge in [0, 0.05) is 11.3 Å². The topological polar surface area (TPSA) is 88.5 Å². The molecule has 0 atom stereocenters. The lowest BCUT2D eigenvalue weighted by molar-refractivity contribution is 0.102. The molecule has 0 radical (unpaired) electrons. The summed E-state index contributed by atoms with van der Waals surface area (Å²) in [6.45, 7) is 0. The van der Waals surface area contributed by atoms with Crippen LogP contribution in [-0.4, -0.2) is 30.9 Å². The van der Waals surface area contributed by atoms with Gasteiger partial charge < -0.3 is 0 Å². The van der Waals surface area contributed by atoms with Crippen molar-refractivity contribution in [1.29, 1.82) is 0 Å². The zero-order chi connectivity index (χ0) is 14.9. The number of hydrogen-bond donors (Lipinski definition) is 2. The van der Waals surface area contributed by atoms with E-state index >= 15 is 0 Å². The minimum absolute atomic E-state index is 0.221. The van der Waals surface area contributed by atoms with Gasteiger partial charge in [-0.25, -0.2) is 9.67 Å². The van der Waals surface area contributed by atoms with Gasteiger partial charge in [-0.05, 0) is 32.1 Å². The summed E-state index contributed by atoms with van der Waals surface area (Å²) in [6, 6.07) is 0.418. The number of carbonyl (C=O) groups is 1. The van der Waals surface area contributed by atoms with Crippen molar-refractivity contribution in [1.82, 2.24) is 25.0 Å². The molecule has 2 N–H and O–H groups in total. The lowest BCUT2D eigenvalue weighted by Gasteiger charge is -2.21. The number of fused-ring (bicyclic) bond motifs is 1. The molecule has 2 heterocycles. The third-order valence-corrected chi connectivity index (χ3v) is 4.70. The van der Waals surface area contributed by atoms with Crippen LogP contribution in [-0.2, 0) is 12.8 Å². The monoisotopic (exact) mass is 300 g/mol. The van der Waals surface area contributed by atoms with Gasteiger partial charge in [0.2, 0.25) is 5.95 Å². The van der Waals surface area contributed by atoms with Crippen LogP contribution in [0.15, 0.2) is 6.33 Å². The molecule has 7 heteroatoms. The Hall–Kier alpha value is -2.18. The zero-order valence-corrected chi connectivity index (χ0v) is 12.5. The van der Waals surface area contributed by atoms with Crippen LogP contribution < -0.4 is 5.32 Å². The van der Waals surface area contributed by atoms with E-state index in [2.05, 4.69) is 25.6 Å². The predicted octanol–water partition coefficient (Wildman–Crippen LogP) is 2.25. The van der Waals surface area contributed by atoms with Crippen molar-refractivity contribution in [3.05, 3.63) is 23.3 Å². The van der Waals surface area contributed by atoms with Gasteiger partial charge in [-0.2, -0.15) is 5.10 Å². The average Bonchev–Trinajstić information content (AvgIpc) is 3.24. The van der Waals surface area contributed by atoms with Crippen molar-refractivity contribution in [3.8, 4) is 0 Å². The summed E-state index contributed by atoms with van der Waals surface area (Å²) >= 11 is 0. The number of carbonyl (C=O) groups excluding carboxylic acids is 1. The third kappa shape index (κ3) is 2.40. The van der Waals surface area contributed by atoms with E-state index in [-0.39, 0.29) is 5.91 Å². The third-order valence-electron chi connectivity index (χ3n) is 4.70. The molecule has 0 aliphatic heterocycles. The molecule has 116 valence electrons. The molecule has 1 amide bonds. The molecule has 0 spiro atoms. The molecule has 4 rings (SSSR count). The largest absolute Gasteiger partial charge is 0.288 e. The van der Waals surface area contributed by atoms with Gasteiger partial charge in [-0.15, -0.1) is 5.10 Å². The Balaban J connectivity index is 1.46. The first-order valence-electron chi connectivity index (χ1n) is 8.10. The zero-order valence-electron chi connectivity index (χ0n) is 12.5. The Morgan fingerprint density at radius 3 is 2.95 bits per heavy atom. The van der Waals surface area contributed by atoms with Crippen LogP contribution in [0.1, 0.15) is 66.3 Å². The van der Waals surface area contributed by atoms with Crippen LogP contribution in [0.4, 0.5) is 5.95 Å². The van der Waals surface area contributed by atoms with Crippen molar-refractivity contribution in [2.24, 2.45) is 0 Å². The van der Waals surface area contributed by atoms with E-state index in [1.807, 2.05) is 4.68 Å². The normalized spacial score (nSPS) is 18.4. The predicted molar refractivity (Wildman–Crippen MR) is 80.7 cm³/mol. The van der Waals surface area contributed by atoms with Crippen LogP contribution >= 0.6 is 0 Å². The maximum Gasteiger partial charge on any atom is 0.278 e. The second kappa shape index (κ2) is 5.55. The first kappa shape index (κ1) is 13.5. The number of H-pyrrole nitrogens is 1. The second-order valence-corrected chi connectivity index (χ2v) is 6.18. The Kier molecular flexibility index (Phi) is 3.40. The minimum atomic E-state index is -0.221. The molecule has 2 aliphatic carbocycles. The highest BCUT2D eigenvalue weighted by Crippen LogP contribution is 2.27. The van der Waals surface area contributed by atoms with E-state index in [1.165, 1.54) is 19.3 Å². The first-order chi connectivity index (χ1) is 10.8. The van der Waals surface area contributed by atoms with Crippen molar-refractivity contribution in [2.75, 3.05) is 5.32 Å². The minimum Gasteiger partial charge on any atom is -0.288 e. The molecule has 0 saturated heterocycles. The number of nitrogens with zero attached hydrogens (tertiary/aromatic N) is 4. The van der Waals surface area contributed by atoms with E-state index in [9.17, 15) is 4.79 Å². The fourth-order valence-corrected chi connectivity index (χ4v) is 3.52. The number of aryl methyl sites for hydroxylation is 1. The fraction of sp³-hybridized carbons (Fsp3) is 0.600. The smallest absolute Gasteiger partial charge is 0.278 e. The lowest BCUT2D eigenvalue weighted by atomic mass is 9.96. The molecule has 7 nitrogen and oxygen atoms in total. The maximum atomic E-state index is 12.3. The van der Waals surface area contributed by atoms with Crippen molar-refractivity contribution in [3.63, 3.8) is 0 Å². The molecular formula is C15H20N6O. The average molecular weight is 300 g/mol. The molecule has 2 aromatic heterocycles. The van der Waals surface area contributed by atoms with Crippen molar-refractivity contribution >= 4 is 11.9 Å². The van der Waals surface area contributed by atoms with E-state index in [4.69, 9.17) is 0 Å². The van der Waals surface area contributed by atoms with Gasteiger partial charge in [0.1, 0.15) is 6.33 Å². The molecule has 1 fully saturated rings. The number of hydrogen-bond acceptors (Lipinski definition) is 4. The molecule has 2 aliphatic rings. The highest BCUT2D eigenvalue weighted by molar-refractivity contribution is 6.03. The van der Waals surface area contributed by atoms with E-state index in [1.54, 1.807) is 6.33 Å². The number of rotatable bonds is 3. The summed E-state index contributed by atoms with van der Waals surface area (Å²) in [5, 5.41) is 14.3. The molecule has 2 aromatic rings. The SMILES string of the molecule is O=C(Nc1ncn(C2CCCCC2)n1)c1n[nH]c2c1CCC2. The number of anilines is 1. The Bertz CT molecular complexity index is 682. The molecule has 0 unspecified atom stereocenters. The second-order valence-electron chi connectivity index (χ2n) is 6.18. The highest BCUT2D eigenvalue weighted by Gasteiger charge is 2.24. The maximum absolute atomic E-state index is 12.3. The standard InChI is InChI=1S/C15H20N6O/c22-14(13-11-7-4-8-12(11)18-19-13)17-15-16-9-21(20-15)10-5-2-1-3-6-10/h9-10H,1-8H2,(H,18,19)(H,17,20,22). The molecule has 0 aromatic carbocycles. The van der Waals surface area contributed by atoms with Crippen LogP contribution in [0.5, 0.6) is 0 Å². The van der Waals surface area contributed by atoms with Crippen molar-refractivity contribution < 1.29 is 4.79 Å². The number of nitrogens with one attached hydrogen (secondary N) is 2. The van der Waals surface area contributed by atoms with Crippen LogP contribution in [0, 0.1) is 0 Å². The molecule has 22 heavy (non-hydrogen) atoms. The van der Waals surface area contributed by atoms with Crippen LogP contribution in [0.25, 0.3) is 0 Å². The van der Waals surface area contributed by atoms with Gasteiger partial charge >= 0.3 is 0 Å². The van der Waals surface area contributed by atoms with E-state index in [0.717, 1.165) is 43.4 Å². The quantitative estimate of drug-likeness (QED) is 0.910. The first-order valence-corrected chi connectivity index (χ1v) is 8.10. The van der Waals surface area contributed by atoms with E-state index < -0.39 is 0 Å². The number of amides is 1. The summed E-state index contributed by atoms with van der Waals surface area (Å²) < 4.78 is 1.89. The fourth-order valence-electron chi connectivity index (χ4n) is 3.52. The Labute approximate surface area is 128 Å². The van der Waals surface area contributed by atoms with Crippen LogP contribution in [0.3, 0.4) is 0 Å². The number of aromatic nitrogens is 5. The van der Waals surface area contributed by atoms with Gasteiger partial charge in [-0.1, -0.05) is 19.3 Å². The number of aromatic amines is 1. The lowest BCUT2D eigenvalue weighted by Crippen LogP contribution is -2.17. The van der Waals surface area contributed by atoms with Gasteiger partial charge in [0.25, 0.3) is 5.91 Å². The summed E-state index contributed by atoms with van der Waals surface area (Å²) in [5.74, 6) is 0.145. The van der Waals surface area contributed by atoms with E-state index in [0.29, 0.717) is 17.7 Å². The van der Waals surface area contributed by atoms with Gasteiger partial charge in [0.05, 0.1) is 6.04 Å². The van der Waals surface area contributed by atoms with Crippen LogP contribution in [0.2, 0.25) is 0 Å². The Morgan fingerprint density at radius 1 is 1.23 bits per heavy atom. The summed E-state index contributed by atoms with van der Waals surface area (Å²) in [6.07, 6.45) is 10.8. The molecule has 1 saturated carbocycles.